The first-order chi connectivity index (χ1) is 12.6. The number of amides is 1. The van der Waals surface area contributed by atoms with Crippen LogP contribution in [0.1, 0.15) is 30.0 Å². The van der Waals surface area contributed by atoms with Crippen LogP contribution in [-0.4, -0.2) is 22.2 Å². The molecule has 0 bridgehead atoms. The highest BCUT2D eigenvalue weighted by Crippen LogP contribution is 2.31. The van der Waals surface area contributed by atoms with Crippen LogP contribution in [-0.2, 0) is 23.7 Å². The van der Waals surface area contributed by atoms with Gasteiger partial charge in [0.1, 0.15) is 0 Å². The summed E-state index contributed by atoms with van der Waals surface area (Å²) >= 11 is 0. The molecule has 4 heteroatoms. The molecule has 0 aliphatic heterocycles. The molecule has 0 saturated carbocycles. The monoisotopic (exact) mass is 347 g/mol. The van der Waals surface area contributed by atoms with Gasteiger partial charge in [0.25, 0.3) is 0 Å². The molecule has 0 saturated heterocycles. The molecule has 0 radical (unpaired) electrons. The smallest absolute Gasteiger partial charge is 0.220 e. The van der Waals surface area contributed by atoms with Crippen molar-refractivity contribution in [1.82, 2.24) is 15.1 Å². The maximum atomic E-state index is 12.4. The largest absolute Gasteiger partial charge is 0.355 e. The SMILES string of the molecule is Cn1cc(CCC(=O)NCC(C)(c2ccccc2)c2ccccc2)cn1. The molecule has 3 aromatic rings. The van der Waals surface area contributed by atoms with E-state index in [1.165, 1.54) is 11.1 Å². The Labute approximate surface area is 154 Å². The van der Waals surface area contributed by atoms with Crippen molar-refractivity contribution in [2.45, 2.75) is 25.2 Å². The molecule has 1 N–H and O–H groups in total. The van der Waals surface area contributed by atoms with E-state index < -0.39 is 0 Å². The van der Waals surface area contributed by atoms with Crippen molar-refractivity contribution < 1.29 is 4.79 Å². The summed E-state index contributed by atoms with van der Waals surface area (Å²) < 4.78 is 1.76. The number of aryl methyl sites for hydroxylation is 2. The van der Waals surface area contributed by atoms with Gasteiger partial charge in [0, 0.05) is 31.6 Å². The number of hydrogen-bond donors (Lipinski definition) is 1. The van der Waals surface area contributed by atoms with E-state index >= 15 is 0 Å². The number of nitrogens with zero attached hydrogens (tertiary/aromatic N) is 2. The maximum absolute atomic E-state index is 12.4. The van der Waals surface area contributed by atoms with E-state index in [-0.39, 0.29) is 11.3 Å². The van der Waals surface area contributed by atoms with E-state index in [4.69, 9.17) is 0 Å². The number of benzene rings is 2. The topological polar surface area (TPSA) is 46.9 Å². The molecular weight excluding hydrogens is 322 g/mol. The molecule has 0 aliphatic carbocycles. The minimum absolute atomic E-state index is 0.0620. The van der Waals surface area contributed by atoms with Gasteiger partial charge >= 0.3 is 0 Å². The first kappa shape index (κ1) is 17.9. The van der Waals surface area contributed by atoms with Crippen molar-refractivity contribution in [3.63, 3.8) is 0 Å². The molecule has 4 nitrogen and oxygen atoms in total. The summed E-state index contributed by atoms with van der Waals surface area (Å²) in [5, 5.41) is 7.28. The van der Waals surface area contributed by atoms with Crippen LogP contribution in [0.2, 0.25) is 0 Å². The Morgan fingerprint density at radius 2 is 1.62 bits per heavy atom. The number of aromatic nitrogens is 2. The number of rotatable bonds is 7. The van der Waals surface area contributed by atoms with Crippen LogP contribution in [0.5, 0.6) is 0 Å². The molecule has 2 aromatic carbocycles. The number of carbonyl (C=O) groups excluding carboxylic acids is 1. The molecular formula is C22H25N3O. The van der Waals surface area contributed by atoms with Crippen LogP contribution in [0.3, 0.4) is 0 Å². The lowest BCUT2D eigenvalue weighted by atomic mass is 9.76. The zero-order valence-electron chi connectivity index (χ0n) is 15.4. The van der Waals surface area contributed by atoms with Crippen LogP contribution in [0, 0.1) is 0 Å². The average molecular weight is 347 g/mol. The predicted molar refractivity (Wildman–Crippen MR) is 104 cm³/mol. The van der Waals surface area contributed by atoms with E-state index in [9.17, 15) is 4.79 Å². The van der Waals surface area contributed by atoms with E-state index in [0.29, 0.717) is 19.4 Å². The Morgan fingerprint density at radius 3 is 2.12 bits per heavy atom. The fourth-order valence-corrected chi connectivity index (χ4v) is 3.21. The van der Waals surface area contributed by atoms with Gasteiger partial charge in [-0.3, -0.25) is 9.48 Å². The second kappa shape index (κ2) is 8.00. The standard InChI is InChI=1S/C22H25N3O/c1-22(19-9-5-3-6-10-19,20-11-7-4-8-12-20)17-23-21(26)14-13-18-15-24-25(2)16-18/h3-12,15-16H,13-14,17H2,1-2H3,(H,23,26). The van der Waals surface area contributed by atoms with Gasteiger partial charge in [-0.05, 0) is 30.0 Å². The summed E-state index contributed by atoms with van der Waals surface area (Å²) in [4.78, 5) is 12.4. The Kier molecular flexibility index (Phi) is 5.52. The first-order valence-corrected chi connectivity index (χ1v) is 8.93. The van der Waals surface area contributed by atoms with Crippen molar-refractivity contribution >= 4 is 5.91 Å². The van der Waals surface area contributed by atoms with Crippen molar-refractivity contribution in [3.8, 4) is 0 Å². The minimum Gasteiger partial charge on any atom is -0.355 e. The summed E-state index contributed by atoms with van der Waals surface area (Å²) in [6.45, 7) is 2.74. The predicted octanol–water partition coefficient (Wildman–Crippen LogP) is 3.48. The average Bonchev–Trinajstić information content (AvgIpc) is 3.11. The molecule has 1 amide bonds. The van der Waals surface area contributed by atoms with Gasteiger partial charge in [-0.2, -0.15) is 5.10 Å². The van der Waals surface area contributed by atoms with Gasteiger partial charge in [0.15, 0.2) is 0 Å². The van der Waals surface area contributed by atoms with Crippen LogP contribution in [0.25, 0.3) is 0 Å². The van der Waals surface area contributed by atoms with E-state index in [0.717, 1.165) is 5.56 Å². The summed E-state index contributed by atoms with van der Waals surface area (Å²) in [6, 6.07) is 20.7. The van der Waals surface area contributed by atoms with Gasteiger partial charge < -0.3 is 5.32 Å². The van der Waals surface area contributed by atoms with Crippen LogP contribution < -0.4 is 5.32 Å². The third-order valence-corrected chi connectivity index (χ3v) is 4.86. The third kappa shape index (κ3) is 4.20. The summed E-state index contributed by atoms with van der Waals surface area (Å²) in [7, 11) is 1.88. The number of hydrogen-bond acceptors (Lipinski definition) is 2. The Morgan fingerprint density at radius 1 is 1.04 bits per heavy atom. The molecule has 1 aromatic heterocycles. The van der Waals surface area contributed by atoms with E-state index in [1.54, 1.807) is 4.68 Å². The second-order valence-corrected chi connectivity index (χ2v) is 6.86. The van der Waals surface area contributed by atoms with Crippen LogP contribution in [0.15, 0.2) is 73.1 Å². The Bertz CT molecular complexity index is 801. The lowest BCUT2D eigenvalue weighted by Gasteiger charge is -2.31. The molecule has 0 spiro atoms. The molecule has 3 rings (SSSR count). The first-order valence-electron chi connectivity index (χ1n) is 8.93. The van der Waals surface area contributed by atoms with Crippen molar-refractivity contribution in [1.29, 1.82) is 0 Å². The van der Waals surface area contributed by atoms with Crippen LogP contribution >= 0.6 is 0 Å². The highest BCUT2D eigenvalue weighted by molar-refractivity contribution is 5.76. The second-order valence-electron chi connectivity index (χ2n) is 6.86. The molecule has 0 atom stereocenters. The van der Waals surface area contributed by atoms with Crippen molar-refractivity contribution in [2.75, 3.05) is 6.54 Å². The molecule has 134 valence electrons. The summed E-state index contributed by atoms with van der Waals surface area (Å²) in [5.74, 6) is 0.0620. The number of carbonyl (C=O) groups is 1. The van der Waals surface area contributed by atoms with Gasteiger partial charge in [-0.1, -0.05) is 60.7 Å². The maximum Gasteiger partial charge on any atom is 0.220 e. The molecule has 1 heterocycles. The number of nitrogens with one attached hydrogen (secondary N) is 1. The molecule has 0 aliphatic rings. The normalized spacial score (nSPS) is 11.3. The lowest BCUT2D eigenvalue weighted by molar-refractivity contribution is -0.121. The van der Waals surface area contributed by atoms with Gasteiger partial charge in [-0.15, -0.1) is 0 Å². The highest BCUT2D eigenvalue weighted by Gasteiger charge is 2.29. The van der Waals surface area contributed by atoms with E-state index in [1.807, 2.05) is 55.8 Å². The zero-order chi connectivity index (χ0) is 18.4. The van der Waals surface area contributed by atoms with Gasteiger partial charge in [0.05, 0.1) is 6.20 Å². The van der Waals surface area contributed by atoms with Crippen LogP contribution in [0.4, 0.5) is 0 Å². The van der Waals surface area contributed by atoms with Gasteiger partial charge in [0.2, 0.25) is 5.91 Å². The summed E-state index contributed by atoms with van der Waals surface area (Å²) in [5.41, 5.74) is 3.20. The fourth-order valence-electron chi connectivity index (χ4n) is 3.21. The third-order valence-electron chi connectivity index (χ3n) is 4.86. The summed E-state index contributed by atoms with van der Waals surface area (Å²) in [6.07, 6.45) is 4.93. The minimum atomic E-state index is -0.271. The zero-order valence-corrected chi connectivity index (χ0v) is 15.4. The molecule has 0 fully saturated rings. The van der Waals surface area contributed by atoms with E-state index in [2.05, 4.69) is 41.6 Å². The molecule has 0 unspecified atom stereocenters. The fraction of sp³-hybridized carbons (Fsp3) is 0.273. The van der Waals surface area contributed by atoms with Crippen molar-refractivity contribution in [3.05, 3.63) is 89.7 Å². The highest BCUT2D eigenvalue weighted by atomic mass is 16.1. The Balaban J connectivity index is 1.69. The quantitative estimate of drug-likeness (QED) is 0.711. The molecule has 26 heavy (non-hydrogen) atoms. The Hall–Kier alpha value is -2.88. The van der Waals surface area contributed by atoms with Crippen molar-refractivity contribution in [2.24, 2.45) is 7.05 Å². The lowest BCUT2D eigenvalue weighted by Crippen LogP contribution is -2.39. The van der Waals surface area contributed by atoms with Gasteiger partial charge in [-0.25, -0.2) is 0 Å².